The zero-order valence-electron chi connectivity index (χ0n) is 22.6. The predicted molar refractivity (Wildman–Crippen MR) is 152 cm³/mol. The van der Waals surface area contributed by atoms with Crippen LogP contribution >= 0.6 is 0 Å². The van der Waals surface area contributed by atoms with E-state index in [0.717, 1.165) is 17.4 Å². The number of ether oxygens (including phenoxy) is 1. The van der Waals surface area contributed by atoms with E-state index in [1.54, 1.807) is 30.5 Å². The molecule has 2 atom stereocenters. The van der Waals surface area contributed by atoms with Crippen molar-refractivity contribution in [1.82, 2.24) is 14.7 Å². The highest BCUT2D eigenvalue weighted by atomic mass is 32.2. The van der Waals surface area contributed by atoms with E-state index in [0.29, 0.717) is 36.9 Å². The summed E-state index contributed by atoms with van der Waals surface area (Å²) in [5.41, 5.74) is 2.19. The Hall–Kier alpha value is -3.73. The summed E-state index contributed by atoms with van der Waals surface area (Å²) in [6, 6.07) is 19.9. The maximum atomic E-state index is 15.3. The Morgan fingerprint density at radius 1 is 1.00 bits per heavy atom. The summed E-state index contributed by atoms with van der Waals surface area (Å²) in [5.74, 6) is -0.891. The molecule has 1 heterocycles. The van der Waals surface area contributed by atoms with Crippen LogP contribution in [-0.4, -0.2) is 35.8 Å². The van der Waals surface area contributed by atoms with Crippen LogP contribution in [0.2, 0.25) is 0 Å². The van der Waals surface area contributed by atoms with Crippen molar-refractivity contribution in [1.29, 1.82) is 0 Å². The molecule has 7 nitrogen and oxygen atoms in total. The Kier molecular flexibility index (Phi) is 8.44. The van der Waals surface area contributed by atoms with E-state index in [-0.39, 0.29) is 36.4 Å². The normalized spacial score (nSPS) is 18.9. The van der Waals surface area contributed by atoms with Gasteiger partial charge in [-0.2, -0.15) is 0 Å². The SMILES string of the molecule is CS(=O)(=O)N[C@H]1CC[C@](Cc2ccc(F)c(-c3cccc(F)c3OCc3ccccc3)c2)(c2ccnc(CO)n2)C1. The van der Waals surface area contributed by atoms with Crippen molar-refractivity contribution >= 4 is 10.0 Å². The number of hydrogen-bond acceptors (Lipinski definition) is 6. The summed E-state index contributed by atoms with van der Waals surface area (Å²) >= 11 is 0. The molecule has 0 spiro atoms. The minimum atomic E-state index is -3.43. The molecule has 4 aromatic rings. The highest BCUT2D eigenvalue weighted by Crippen LogP contribution is 2.44. The van der Waals surface area contributed by atoms with Gasteiger partial charge < -0.3 is 9.84 Å². The van der Waals surface area contributed by atoms with Gasteiger partial charge in [0.1, 0.15) is 19.0 Å². The number of aliphatic hydroxyl groups is 1. The van der Waals surface area contributed by atoms with Crippen molar-refractivity contribution in [3.8, 4) is 16.9 Å². The lowest BCUT2D eigenvalue weighted by molar-refractivity contribution is 0.269. The molecule has 0 saturated heterocycles. The summed E-state index contributed by atoms with van der Waals surface area (Å²) < 4.78 is 62.8. The predicted octanol–water partition coefficient (Wildman–Crippen LogP) is 5.08. The lowest BCUT2D eigenvalue weighted by Gasteiger charge is -2.30. The summed E-state index contributed by atoms with van der Waals surface area (Å²) in [6.45, 7) is -0.213. The molecule has 5 rings (SSSR count). The molecule has 2 N–H and O–H groups in total. The van der Waals surface area contributed by atoms with Crippen LogP contribution in [0.3, 0.4) is 0 Å². The van der Waals surface area contributed by atoms with Crippen LogP contribution < -0.4 is 9.46 Å². The van der Waals surface area contributed by atoms with Crippen molar-refractivity contribution < 1.29 is 27.0 Å². The molecule has 214 valence electrons. The number of nitrogens with one attached hydrogen (secondary N) is 1. The van der Waals surface area contributed by atoms with E-state index >= 15 is 4.39 Å². The molecule has 1 aliphatic carbocycles. The van der Waals surface area contributed by atoms with Gasteiger partial charge in [0.15, 0.2) is 17.4 Å². The molecule has 1 aromatic heterocycles. The maximum absolute atomic E-state index is 15.3. The van der Waals surface area contributed by atoms with E-state index in [4.69, 9.17) is 4.74 Å². The average molecular weight is 580 g/mol. The van der Waals surface area contributed by atoms with Crippen molar-refractivity contribution in [2.45, 2.75) is 50.4 Å². The summed E-state index contributed by atoms with van der Waals surface area (Å²) in [5, 5.41) is 9.64. The highest BCUT2D eigenvalue weighted by molar-refractivity contribution is 7.88. The maximum Gasteiger partial charge on any atom is 0.208 e. The van der Waals surface area contributed by atoms with Gasteiger partial charge in [0, 0.05) is 28.8 Å². The van der Waals surface area contributed by atoms with Crippen LogP contribution in [0.1, 0.15) is 41.9 Å². The Balaban J connectivity index is 1.50. The fourth-order valence-corrected chi connectivity index (χ4v) is 6.47. The summed E-state index contributed by atoms with van der Waals surface area (Å²) in [6.07, 6.45) is 4.78. The zero-order chi connectivity index (χ0) is 29.0. The first-order chi connectivity index (χ1) is 19.7. The molecule has 1 saturated carbocycles. The first-order valence-corrected chi connectivity index (χ1v) is 15.2. The number of para-hydroxylation sites is 1. The third-order valence-electron chi connectivity index (χ3n) is 7.44. The van der Waals surface area contributed by atoms with Gasteiger partial charge in [0.25, 0.3) is 0 Å². The second-order valence-corrected chi connectivity index (χ2v) is 12.3. The number of sulfonamides is 1. The van der Waals surface area contributed by atoms with Crippen LogP contribution in [0.5, 0.6) is 5.75 Å². The molecule has 1 fully saturated rings. The van der Waals surface area contributed by atoms with Gasteiger partial charge in [-0.15, -0.1) is 0 Å². The number of benzene rings is 3. The standard InChI is InChI=1S/C31H31F2N3O4S/c1-41(38,39)36-23-12-14-31(18-23,28-13-15-34-29(19-37)35-28)17-22-10-11-26(32)25(16-22)24-8-5-9-27(33)30(24)40-20-21-6-3-2-4-7-21/h2-11,13,15-16,23,36-37H,12,14,17-20H2,1H3/t23-,31+/m0/s1. The van der Waals surface area contributed by atoms with Gasteiger partial charge in [0.05, 0.1) is 11.9 Å². The van der Waals surface area contributed by atoms with Crippen molar-refractivity contribution in [2.75, 3.05) is 6.26 Å². The second kappa shape index (κ2) is 12.0. The third-order valence-corrected chi connectivity index (χ3v) is 8.20. The number of aliphatic hydroxyl groups excluding tert-OH is 1. The number of halogens is 2. The van der Waals surface area contributed by atoms with Crippen LogP contribution in [-0.2, 0) is 35.1 Å². The average Bonchev–Trinajstić information content (AvgIpc) is 3.35. The number of nitrogens with zero attached hydrogens (tertiary/aromatic N) is 2. The molecule has 10 heteroatoms. The zero-order valence-corrected chi connectivity index (χ0v) is 23.4. The van der Waals surface area contributed by atoms with Gasteiger partial charge in [-0.1, -0.05) is 48.5 Å². The van der Waals surface area contributed by atoms with Crippen molar-refractivity contribution in [2.24, 2.45) is 0 Å². The highest BCUT2D eigenvalue weighted by Gasteiger charge is 2.43. The first-order valence-electron chi connectivity index (χ1n) is 13.3. The first kappa shape index (κ1) is 28.8. The Labute approximate surface area is 238 Å². The molecule has 0 unspecified atom stereocenters. The molecule has 41 heavy (non-hydrogen) atoms. The van der Waals surface area contributed by atoms with E-state index < -0.39 is 27.1 Å². The van der Waals surface area contributed by atoms with E-state index in [9.17, 15) is 17.9 Å². The lowest BCUT2D eigenvalue weighted by Crippen LogP contribution is -2.35. The molecule has 0 bridgehead atoms. The number of rotatable bonds is 10. The van der Waals surface area contributed by atoms with Crippen LogP contribution in [0.25, 0.3) is 11.1 Å². The molecule has 3 aromatic carbocycles. The van der Waals surface area contributed by atoms with Gasteiger partial charge in [-0.25, -0.2) is 31.9 Å². The lowest BCUT2D eigenvalue weighted by atomic mass is 9.76. The van der Waals surface area contributed by atoms with Crippen molar-refractivity contribution in [3.05, 3.63) is 113 Å². The Morgan fingerprint density at radius 2 is 1.80 bits per heavy atom. The quantitative estimate of drug-likeness (QED) is 0.272. The van der Waals surface area contributed by atoms with E-state index in [2.05, 4.69) is 14.7 Å². The minimum Gasteiger partial charge on any atom is -0.485 e. The fourth-order valence-electron chi connectivity index (χ4n) is 5.66. The monoisotopic (exact) mass is 579 g/mol. The van der Waals surface area contributed by atoms with E-state index in [1.165, 1.54) is 18.2 Å². The molecule has 1 aliphatic rings. The van der Waals surface area contributed by atoms with Crippen LogP contribution in [0.15, 0.2) is 79.0 Å². The third kappa shape index (κ3) is 6.78. The van der Waals surface area contributed by atoms with Crippen LogP contribution in [0, 0.1) is 11.6 Å². The Bertz CT molecular complexity index is 1640. The number of hydrogen-bond donors (Lipinski definition) is 2. The van der Waals surface area contributed by atoms with Crippen LogP contribution in [0.4, 0.5) is 8.78 Å². The topological polar surface area (TPSA) is 101 Å². The van der Waals surface area contributed by atoms with Crippen molar-refractivity contribution in [3.63, 3.8) is 0 Å². The number of aromatic nitrogens is 2. The molecule has 0 aliphatic heterocycles. The summed E-state index contributed by atoms with van der Waals surface area (Å²) in [7, 11) is -3.43. The van der Waals surface area contributed by atoms with Gasteiger partial charge in [0.2, 0.25) is 10.0 Å². The molecular weight excluding hydrogens is 548 g/mol. The van der Waals surface area contributed by atoms with Gasteiger partial charge >= 0.3 is 0 Å². The van der Waals surface area contributed by atoms with Gasteiger partial charge in [-0.05, 0) is 61.1 Å². The summed E-state index contributed by atoms with van der Waals surface area (Å²) in [4.78, 5) is 8.66. The molecular formula is C31H31F2N3O4S. The second-order valence-electron chi connectivity index (χ2n) is 10.5. The Morgan fingerprint density at radius 3 is 2.56 bits per heavy atom. The molecule has 0 amide bonds. The fraction of sp³-hybridized carbons (Fsp3) is 0.290. The molecule has 0 radical (unpaired) electrons. The van der Waals surface area contributed by atoms with E-state index in [1.807, 2.05) is 30.3 Å². The van der Waals surface area contributed by atoms with Gasteiger partial charge in [-0.3, -0.25) is 0 Å². The largest absolute Gasteiger partial charge is 0.485 e. The minimum absolute atomic E-state index is 0.0382. The smallest absolute Gasteiger partial charge is 0.208 e.